The topological polar surface area (TPSA) is 103 Å². The van der Waals surface area contributed by atoms with Crippen molar-refractivity contribution >= 4 is 33.7 Å². The van der Waals surface area contributed by atoms with Gasteiger partial charge in [0.05, 0.1) is 23.8 Å². The zero-order chi connectivity index (χ0) is 22.2. The molecule has 0 saturated carbocycles. The largest absolute Gasteiger partial charge is 0.493 e. The van der Waals surface area contributed by atoms with Crippen molar-refractivity contribution in [2.45, 2.75) is 6.61 Å². The summed E-state index contributed by atoms with van der Waals surface area (Å²) in [5, 5.41) is 14.7. The van der Waals surface area contributed by atoms with Gasteiger partial charge in [-0.1, -0.05) is 12.1 Å². The molecule has 9 heteroatoms. The van der Waals surface area contributed by atoms with E-state index in [4.69, 9.17) is 9.47 Å². The SMILES string of the molecule is COc1cc(/C=N/NC(=O)c2ccccc2Br)ccc1OCc1ccc([N+](=O)[O-])cc1. The minimum absolute atomic E-state index is 0.0247. The van der Waals surface area contributed by atoms with E-state index in [9.17, 15) is 14.9 Å². The maximum absolute atomic E-state index is 12.2. The van der Waals surface area contributed by atoms with Crippen LogP contribution in [0.25, 0.3) is 0 Å². The van der Waals surface area contributed by atoms with Crippen molar-refractivity contribution in [3.63, 3.8) is 0 Å². The normalized spacial score (nSPS) is 10.6. The molecular formula is C22H18BrN3O5. The average Bonchev–Trinajstić information content (AvgIpc) is 2.78. The molecule has 0 aromatic heterocycles. The Morgan fingerprint density at radius 1 is 1.13 bits per heavy atom. The van der Waals surface area contributed by atoms with Gasteiger partial charge in [0, 0.05) is 16.6 Å². The lowest BCUT2D eigenvalue weighted by atomic mass is 10.2. The minimum atomic E-state index is -0.449. The number of non-ortho nitro benzene ring substituents is 1. The molecule has 0 aliphatic carbocycles. The van der Waals surface area contributed by atoms with Crippen LogP contribution >= 0.6 is 15.9 Å². The van der Waals surface area contributed by atoms with E-state index in [0.717, 1.165) is 5.56 Å². The number of nitro benzene ring substituents is 1. The van der Waals surface area contributed by atoms with Gasteiger partial charge in [-0.05, 0) is 69.5 Å². The highest BCUT2D eigenvalue weighted by Crippen LogP contribution is 2.28. The molecule has 8 nitrogen and oxygen atoms in total. The highest BCUT2D eigenvalue weighted by Gasteiger charge is 2.09. The van der Waals surface area contributed by atoms with E-state index in [1.54, 1.807) is 48.5 Å². The molecule has 3 rings (SSSR count). The number of hydrogen-bond donors (Lipinski definition) is 1. The van der Waals surface area contributed by atoms with Gasteiger partial charge < -0.3 is 9.47 Å². The van der Waals surface area contributed by atoms with Crippen molar-refractivity contribution in [3.05, 3.63) is 98.0 Å². The molecule has 0 unspecified atom stereocenters. The Morgan fingerprint density at radius 2 is 1.87 bits per heavy atom. The lowest BCUT2D eigenvalue weighted by Gasteiger charge is -2.11. The summed E-state index contributed by atoms with van der Waals surface area (Å²) < 4.78 is 11.8. The van der Waals surface area contributed by atoms with Crippen LogP contribution in [-0.2, 0) is 6.61 Å². The number of ether oxygens (including phenoxy) is 2. The molecule has 0 aliphatic rings. The van der Waals surface area contributed by atoms with Crippen LogP contribution in [0.2, 0.25) is 0 Å². The first-order chi connectivity index (χ1) is 15.0. The fourth-order valence-electron chi connectivity index (χ4n) is 2.63. The predicted molar refractivity (Wildman–Crippen MR) is 120 cm³/mol. The van der Waals surface area contributed by atoms with Crippen LogP contribution in [-0.4, -0.2) is 24.2 Å². The third-order valence-electron chi connectivity index (χ3n) is 4.23. The first kappa shape index (κ1) is 22.0. The number of hydrazone groups is 1. The van der Waals surface area contributed by atoms with Crippen LogP contribution in [0.1, 0.15) is 21.5 Å². The number of amides is 1. The van der Waals surface area contributed by atoms with Crippen LogP contribution in [0.15, 0.2) is 76.3 Å². The van der Waals surface area contributed by atoms with Crippen LogP contribution in [0.5, 0.6) is 11.5 Å². The molecule has 158 valence electrons. The molecule has 3 aromatic rings. The van der Waals surface area contributed by atoms with E-state index < -0.39 is 4.92 Å². The van der Waals surface area contributed by atoms with Crippen molar-refractivity contribution < 1.29 is 19.2 Å². The third kappa shape index (κ3) is 5.89. The van der Waals surface area contributed by atoms with Gasteiger partial charge in [-0.3, -0.25) is 14.9 Å². The fourth-order valence-corrected chi connectivity index (χ4v) is 3.09. The lowest BCUT2D eigenvalue weighted by Crippen LogP contribution is -2.18. The third-order valence-corrected chi connectivity index (χ3v) is 4.92. The predicted octanol–water partition coefficient (Wildman–Crippen LogP) is 4.71. The van der Waals surface area contributed by atoms with Crippen molar-refractivity contribution in [2.24, 2.45) is 5.10 Å². The van der Waals surface area contributed by atoms with Crippen molar-refractivity contribution in [1.29, 1.82) is 0 Å². The number of carbonyl (C=O) groups is 1. The molecular weight excluding hydrogens is 466 g/mol. The van der Waals surface area contributed by atoms with Gasteiger partial charge in [-0.2, -0.15) is 5.10 Å². The molecule has 0 bridgehead atoms. The second kappa shape index (κ2) is 10.4. The van der Waals surface area contributed by atoms with E-state index in [-0.39, 0.29) is 18.2 Å². The lowest BCUT2D eigenvalue weighted by molar-refractivity contribution is -0.384. The van der Waals surface area contributed by atoms with Gasteiger partial charge in [0.15, 0.2) is 11.5 Å². The first-order valence-electron chi connectivity index (χ1n) is 9.10. The molecule has 3 aromatic carbocycles. The highest BCUT2D eigenvalue weighted by molar-refractivity contribution is 9.10. The molecule has 0 saturated heterocycles. The highest BCUT2D eigenvalue weighted by atomic mass is 79.9. The Balaban J connectivity index is 1.62. The number of rotatable bonds is 8. The molecule has 0 radical (unpaired) electrons. The zero-order valence-corrected chi connectivity index (χ0v) is 18.0. The Labute approximate surface area is 186 Å². The van der Waals surface area contributed by atoms with Gasteiger partial charge in [0.25, 0.3) is 11.6 Å². The number of halogens is 1. The zero-order valence-electron chi connectivity index (χ0n) is 16.4. The molecule has 1 N–H and O–H groups in total. The van der Waals surface area contributed by atoms with E-state index in [0.29, 0.717) is 27.1 Å². The monoisotopic (exact) mass is 483 g/mol. The maximum atomic E-state index is 12.2. The molecule has 0 aliphatic heterocycles. The number of nitrogens with one attached hydrogen (secondary N) is 1. The van der Waals surface area contributed by atoms with Crippen molar-refractivity contribution in [3.8, 4) is 11.5 Å². The maximum Gasteiger partial charge on any atom is 0.272 e. The number of nitrogens with zero attached hydrogens (tertiary/aromatic N) is 2. The van der Waals surface area contributed by atoms with Gasteiger partial charge in [-0.25, -0.2) is 5.43 Å². The van der Waals surface area contributed by atoms with Gasteiger partial charge in [0.1, 0.15) is 6.61 Å². The molecule has 0 atom stereocenters. The number of hydrogen-bond acceptors (Lipinski definition) is 6. The van der Waals surface area contributed by atoms with Gasteiger partial charge in [-0.15, -0.1) is 0 Å². The second-order valence-electron chi connectivity index (χ2n) is 6.30. The Bertz CT molecular complexity index is 1120. The summed E-state index contributed by atoms with van der Waals surface area (Å²) in [6, 6.07) is 18.4. The van der Waals surface area contributed by atoms with Crippen LogP contribution < -0.4 is 14.9 Å². The summed E-state index contributed by atoms with van der Waals surface area (Å²) in [4.78, 5) is 22.5. The summed E-state index contributed by atoms with van der Waals surface area (Å²) in [5.41, 5.74) is 4.47. The number of carbonyl (C=O) groups excluding carboxylic acids is 1. The Hall–Kier alpha value is -3.72. The molecule has 0 spiro atoms. The molecule has 0 heterocycles. The summed E-state index contributed by atoms with van der Waals surface area (Å²) in [6.45, 7) is 0.226. The summed E-state index contributed by atoms with van der Waals surface area (Å²) in [7, 11) is 1.52. The quantitative estimate of drug-likeness (QED) is 0.284. The summed E-state index contributed by atoms with van der Waals surface area (Å²) >= 11 is 3.33. The average molecular weight is 484 g/mol. The minimum Gasteiger partial charge on any atom is -0.493 e. The number of nitro groups is 1. The van der Waals surface area contributed by atoms with Crippen molar-refractivity contribution in [2.75, 3.05) is 7.11 Å². The first-order valence-corrected chi connectivity index (χ1v) is 9.89. The molecule has 31 heavy (non-hydrogen) atoms. The van der Waals surface area contributed by atoms with E-state index in [2.05, 4.69) is 26.5 Å². The Morgan fingerprint density at radius 3 is 2.55 bits per heavy atom. The van der Waals surface area contributed by atoms with Crippen LogP contribution in [0.4, 0.5) is 5.69 Å². The molecule has 1 amide bonds. The van der Waals surface area contributed by atoms with Crippen LogP contribution in [0.3, 0.4) is 0 Å². The number of methoxy groups -OCH3 is 1. The summed E-state index contributed by atoms with van der Waals surface area (Å²) in [6.07, 6.45) is 1.50. The molecule has 0 fully saturated rings. The summed E-state index contributed by atoms with van der Waals surface area (Å²) in [5.74, 6) is 0.664. The van der Waals surface area contributed by atoms with Crippen LogP contribution in [0, 0.1) is 10.1 Å². The fraction of sp³-hybridized carbons (Fsp3) is 0.0909. The number of benzene rings is 3. The standard InChI is InChI=1S/C22H18BrN3O5/c1-30-21-12-16(13-24-25-22(27)18-4-2-3-5-19(18)23)8-11-20(21)31-14-15-6-9-17(10-7-15)26(28)29/h2-13H,14H2,1H3,(H,25,27)/b24-13+. The van der Waals surface area contributed by atoms with E-state index >= 15 is 0 Å². The van der Waals surface area contributed by atoms with E-state index in [1.165, 1.54) is 25.5 Å². The van der Waals surface area contributed by atoms with Gasteiger partial charge in [0.2, 0.25) is 0 Å². The van der Waals surface area contributed by atoms with Gasteiger partial charge >= 0.3 is 0 Å². The Kier molecular flexibility index (Phi) is 7.34. The van der Waals surface area contributed by atoms with Crippen molar-refractivity contribution in [1.82, 2.24) is 5.43 Å². The smallest absolute Gasteiger partial charge is 0.272 e. The second-order valence-corrected chi connectivity index (χ2v) is 7.16. The van der Waals surface area contributed by atoms with E-state index in [1.807, 2.05) is 6.07 Å².